The summed E-state index contributed by atoms with van der Waals surface area (Å²) in [5.41, 5.74) is 2.99. The summed E-state index contributed by atoms with van der Waals surface area (Å²) in [7, 11) is 0. The molecule has 0 heterocycles. The molecule has 150 valence electrons. The van der Waals surface area contributed by atoms with Crippen molar-refractivity contribution in [2.75, 3.05) is 0 Å². The molecule has 0 aromatic carbocycles. The Morgan fingerprint density at radius 3 is 2.70 bits per heavy atom. The molecule has 4 rings (SSSR count). The van der Waals surface area contributed by atoms with Crippen LogP contribution in [0.2, 0.25) is 0 Å². The maximum atomic E-state index is 3.31. The van der Waals surface area contributed by atoms with Crippen LogP contribution in [0.3, 0.4) is 0 Å². The van der Waals surface area contributed by atoms with Crippen molar-refractivity contribution in [1.29, 1.82) is 0 Å². The predicted octanol–water partition coefficient (Wildman–Crippen LogP) is 7.64. The van der Waals surface area contributed by atoms with Gasteiger partial charge < -0.3 is 0 Å². The average Bonchev–Trinajstić information content (AvgIpc) is 3.00. The highest BCUT2D eigenvalue weighted by molar-refractivity contribution is 5.25. The van der Waals surface area contributed by atoms with Crippen molar-refractivity contribution in [2.45, 2.75) is 98.8 Å². The van der Waals surface area contributed by atoms with E-state index in [0.717, 1.165) is 41.9 Å². The number of fused-ring (bicyclic) bond motifs is 5. The van der Waals surface area contributed by atoms with Gasteiger partial charge in [0.05, 0.1) is 0 Å². The molecule has 0 aromatic rings. The van der Waals surface area contributed by atoms with E-state index in [1.807, 2.05) is 12.5 Å². The SMILES string of the molecule is CC#CCC[C@@H](C)[C@H]1CC[C@H]2[C@@H]3CC=C4C[C@@H](C)CC[C@]4(C)[C@H]3CC[C@]12C. The quantitative estimate of drug-likeness (QED) is 0.355. The van der Waals surface area contributed by atoms with E-state index in [2.05, 4.69) is 45.6 Å². The fourth-order valence-electron chi connectivity index (χ4n) is 8.44. The molecule has 0 saturated heterocycles. The van der Waals surface area contributed by atoms with Crippen LogP contribution >= 0.6 is 0 Å². The molecule has 0 amide bonds. The first kappa shape index (κ1) is 19.6. The third-order valence-electron chi connectivity index (χ3n) is 10.0. The number of hydrogen-bond donors (Lipinski definition) is 0. The molecule has 0 bridgehead atoms. The Morgan fingerprint density at radius 1 is 1.11 bits per heavy atom. The lowest BCUT2D eigenvalue weighted by Crippen LogP contribution is -2.50. The molecule has 0 aromatic heterocycles. The summed E-state index contributed by atoms with van der Waals surface area (Å²) in [6.07, 6.45) is 16.8. The normalized spacial score (nSPS) is 47.0. The van der Waals surface area contributed by atoms with Crippen molar-refractivity contribution < 1.29 is 0 Å². The van der Waals surface area contributed by atoms with E-state index in [1.54, 1.807) is 0 Å². The molecular formula is C27H42. The van der Waals surface area contributed by atoms with Crippen LogP contribution in [-0.4, -0.2) is 0 Å². The standard InChI is InChI=1S/C27H42/c1-6-7-8-9-20(3)23-12-13-24-22-11-10-21-18-19(2)14-16-26(21,4)25(22)15-17-27(23,24)5/h10,19-20,22-25H,8-9,11-18H2,1-5H3/t19-,20+,22-,23+,24-,25-,26-,27+/m0/s1. The van der Waals surface area contributed by atoms with E-state index >= 15 is 0 Å². The number of allylic oxidation sites excluding steroid dienone is 2. The minimum atomic E-state index is 0.539. The first-order chi connectivity index (χ1) is 12.9. The second kappa shape index (κ2) is 7.28. The highest BCUT2D eigenvalue weighted by Crippen LogP contribution is 2.67. The van der Waals surface area contributed by atoms with Crippen molar-refractivity contribution in [1.82, 2.24) is 0 Å². The molecule has 3 fully saturated rings. The Hall–Kier alpha value is -0.700. The summed E-state index contributed by atoms with van der Waals surface area (Å²) in [6.45, 7) is 12.3. The monoisotopic (exact) mass is 366 g/mol. The predicted molar refractivity (Wildman–Crippen MR) is 116 cm³/mol. The van der Waals surface area contributed by atoms with E-state index < -0.39 is 0 Å². The zero-order valence-electron chi connectivity index (χ0n) is 18.6. The van der Waals surface area contributed by atoms with Gasteiger partial charge in [-0.1, -0.05) is 39.3 Å². The van der Waals surface area contributed by atoms with E-state index in [0.29, 0.717) is 10.8 Å². The smallest absolute Gasteiger partial charge is 0.00912 e. The third-order valence-corrected chi connectivity index (χ3v) is 10.0. The molecule has 3 saturated carbocycles. The van der Waals surface area contributed by atoms with Gasteiger partial charge in [0.25, 0.3) is 0 Å². The Morgan fingerprint density at radius 2 is 1.93 bits per heavy atom. The van der Waals surface area contributed by atoms with Crippen molar-refractivity contribution in [3.63, 3.8) is 0 Å². The summed E-state index contributed by atoms with van der Waals surface area (Å²) in [4.78, 5) is 0. The topological polar surface area (TPSA) is 0 Å². The van der Waals surface area contributed by atoms with E-state index in [4.69, 9.17) is 0 Å². The Labute approximate surface area is 169 Å². The van der Waals surface area contributed by atoms with Crippen LogP contribution in [0.25, 0.3) is 0 Å². The van der Waals surface area contributed by atoms with Crippen molar-refractivity contribution in [3.8, 4) is 11.8 Å². The Balaban J connectivity index is 1.54. The van der Waals surface area contributed by atoms with Crippen LogP contribution in [-0.2, 0) is 0 Å². The molecular weight excluding hydrogens is 324 g/mol. The van der Waals surface area contributed by atoms with Gasteiger partial charge in [-0.2, -0.15) is 0 Å². The highest BCUT2D eigenvalue weighted by Gasteiger charge is 2.58. The molecule has 4 aliphatic carbocycles. The van der Waals surface area contributed by atoms with Gasteiger partial charge in [-0.15, -0.1) is 11.8 Å². The minimum Gasteiger partial charge on any atom is -0.107 e. The molecule has 0 N–H and O–H groups in total. The maximum absolute atomic E-state index is 3.31. The molecule has 4 aliphatic rings. The van der Waals surface area contributed by atoms with Crippen LogP contribution in [0.15, 0.2) is 11.6 Å². The van der Waals surface area contributed by atoms with Gasteiger partial charge in [0, 0.05) is 6.42 Å². The minimum absolute atomic E-state index is 0.539. The fourth-order valence-corrected chi connectivity index (χ4v) is 8.44. The van der Waals surface area contributed by atoms with Crippen LogP contribution in [0.1, 0.15) is 98.8 Å². The molecule has 0 aliphatic heterocycles. The summed E-state index contributed by atoms with van der Waals surface area (Å²) in [5, 5.41) is 0. The molecule has 0 unspecified atom stereocenters. The summed E-state index contributed by atoms with van der Waals surface area (Å²) in [5.74, 6) is 12.0. The average molecular weight is 367 g/mol. The summed E-state index contributed by atoms with van der Waals surface area (Å²) in [6, 6.07) is 0. The van der Waals surface area contributed by atoms with Gasteiger partial charge in [0.1, 0.15) is 0 Å². The first-order valence-corrected chi connectivity index (χ1v) is 12.0. The summed E-state index contributed by atoms with van der Waals surface area (Å²) < 4.78 is 0. The number of hydrogen-bond acceptors (Lipinski definition) is 0. The van der Waals surface area contributed by atoms with E-state index in [1.165, 1.54) is 57.8 Å². The second-order valence-corrected chi connectivity index (χ2v) is 11.3. The molecule has 0 heteroatoms. The molecule has 27 heavy (non-hydrogen) atoms. The second-order valence-electron chi connectivity index (χ2n) is 11.3. The van der Waals surface area contributed by atoms with Crippen LogP contribution in [0, 0.1) is 58.2 Å². The maximum Gasteiger partial charge on any atom is 0.00912 e. The lowest BCUT2D eigenvalue weighted by atomic mass is 9.46. The van der Waals surface area contributed by atoms with Gasteiger partial charge in [-0.25, -0.2) is 0 Å². The lowest BCUT2D eigenvalue weighted by molar-refractivity contribution is -0.0520. The molecule has 0 spiro atoms. The van der Waals surface area contributed by atoms with Gasteiger partial charge in [0.15, 0.2) is 0 Å². The Kier molecular flexibility index (Phi) is 5.29. The molecule has 8 atom stereocenters. The summed E-state index contributed by atoms with van der Waals surface area (Å²) >= 11 is 0. The van der Waals surface area contributed by atoms with E-state index in [-0.39, 0.29) is 0 Å². The van der Waals surface area contributed by atoms with Crippen molar-refractivity contribution in [2.24, 2.45) is 46.3 Å². The van der Waals surface area contributed by atoms with Crippen LogP contribution in [0.4, 0.5) is 0 Å². The van der Waals surface area contributed by atoms with Gasteiger partial charge in [0.2, 0.25) is 0 Å². The fraction of sp³-hybridized carbons (Fsp3) is 0.852. The third kappa shape index (κ3) is 3.12. The lowest BCUT2D eigenvalue weighted by Gasteiger charge is -2.58. The van der Waals surface area contributed by atoms with Gasteiger partial charge >= 0.3 is 0 Å². The van der Waals surface area contributed by atoms with Gasteiger partial charge in [-0.05, 0) is 111 Å². The van der Waals surface area contributed by atoms with Crippen LogP contribution in [0.5, 0.6) is 0 Å². The first-order valence-electron chi connectivity index (χ1n) is 12.0. The van der Waals surface area contributed by atoms with E-state index in [9.17, 15) is 0 Å². The zero-order chi connectivity index (χ0) is 19.2. The van der Waals surface area contributed by atoms with Crippen molar-refractivity contribution >= 4 is 0 Å². The molecule has 0 nitrogen and oxygen atoms in total. The highest BCUT2D eigenvalue weighted by atomic mass is 14.6. The largest absolute Gasteiger partial charge is 0.107 e. The zero-order valence-corrected chi connectivity index (χ0v) is 18.6. The Bertz CT molecular complexity index is 645. The number of rotatable bonds is 3. The van der Waals surface area contributed by atoms with Crippen molar-refractivity contribution in [3.05, 3.63) is 11.6 Å². The van der Waals surface area contributed by atoms with Crippen LogP contribution < -0.4 is 0 Å². The molecule has 0 radical (unpaired) electrons. The van der Waals surface area contributed by atoms with Gasteiger partial charge in [-0.3, -0.25) is 0 Å².